The minimum absolute atomic E-state index is 0.0828. The molecule has 2 rings (SSSR count). The second-order valence-electron chi connectivity index (χ2n) is 4.10. The molecule has 2 aromatic heterocycles. The molecule has 102 valence electrons. The van der Waals surface area contributed by atoms with Gasteiger partial charge in [0, 0.05) is 18.4 Å². The Balaban J connectivity index is 2.34. The highest BCUT2D eigenvalue weighted by molar-refractivity contribution is 5.29. The van der Waals surface area contributed by atoms with E-state index in [4.69, 9.17) is 0 Å². The number of aromatic nitrogens is 3. The SMILES string of the molecule is CNC(C)c1ccnc(-n2ccc(C(F)(F)F)n2)c1. The van der Waals surface area contributed by atoms with Crippen LogP contribution in [0.5, 0.6) is 0 Å². The molecule has 0 saturated heterocycles. The maximum Gasteiger partial charge on any atom is 0.435 e. The van der Waals surface area contributed by atoms with Crippen molar-refractivity contribution in [3.8, 4) is 5.82 Å². The van der Waals surface area contributed by atoms with E-state index in [2.05, 4.69) is 15.4 Å². The van der Waals surface area contributed by atoms with Crippen molar-refractivity contribution >= 4 is 0 Å². The van der Waals surface area contributed by atoms with Crippen LogP contribution in [-0.2, 0) is 6.18 Å². The van der Waals surface area contributed by atoms with Gasteiger partial charge in [-0.2, -0.15) is 18.3 Å². The maximum atomic E-state index is 12.5. The lowest BCUT2D eigenvalue weighted by molar-refractivity contribution is -0.141. The first-order valence-corrected chi connectivity index (χ1v) is 5.68. The molecule has 0 aromatic carbocycles. The zero-order valence-electron chi connectivity index (χ0n) is 10.4. The number of nitrogens with one attached hydrogen (secondary N) is 1. The minimum Gasteiger partial charge on any atom is -0.313 e. The van der Waals surface area contributed by atoms with Crippen LogP contribution in [-0.4, -0.2) is 21.8 Å². The van der Waals surface area contributed by atoms with Crippen molar-refractivity contribution in [2.24, 2.45) is 0 Å². The summed E-state index contributed by atoms with van der Waals surface area (Å²) in [7, 11) is 1.81. The predicted molar refractivity (Wildman–Crippen MR) is 63.8 cm³/mol. The highest BCUT2D eigenvalue weighted by atomic mass is 19.4. The van der Waals surface area contributed by atoms with Crippen LogP contribution >= 0.6 is 0 Å². The van der Waals surface area contributed by atoms with Gasteiger partial charge in [0.05, 0.1) is 0 Å². The smallest absolute Gasteiger partial charge is 0.313 e. The molecule has 0 radical (unpaired) electrons. The summed E-state index contributed by atoms with van der Waals surface area (Å²) < 4.78 is 38.5. The molecular weight excluding hydrogens is 257 g/mol. The summed E-state index contributed by atoms with van der Waals surface area (Å²) in [4.78, 5) is 4.03. The number of alkyl halides is 3. The van der Waals surface area contributed by atoms with Crippen molar-refractivity contribution in [1.82, 2.24) is 20.1 Å². The van der Waals surface area contributed by atoms with Crippen molar-refractivity contribution in [3.63, 3.8) is 0 Å². The van der Waals surface area contributed by atoms with Gasteiger partial charge in [0.2, 0.25) is 0 Å². The lowest BCUT2D eigenvalue weighted by atomic mass is 10.1. The van der Waals surface area contributed by atoms with Crippen LogP contribution in [0, 0.1) is 0 Å². The summed E-state index contributed by atoms with van der Waals surface area (Å²) in [6.45, 7) is 1.95. The number of pyridine rings is 1. The molecule has 0 aliphatic rings. The van der Waals surface area contributed by atoms with Crippen LogP contribution < -0.4 is 5.32 Å². The van der Waals surface area contributed by atoms with E-state index in [1.807, 2.05) is 6.92 Å². The third-order valence-corrected chi connectivity index (χ3v) is 2.82. The Morgan fingerprint density at radius 3 is 2.63 bits per heavy atom. The number of rotatable bonds is 3. The molecule has 0 aliphatic carbocycles. The Morgan fingerprint density at radius 2 is 2.05 bits per heavy atom. The first-order chi connectivity index (χ1) is 8.91. The van der Waals surface area contributed by atoms with Gasteiger partial charge in [-0.25, -0.2) is 9.67 Å². The molecular formula is C12H13F3N4. The molecule has 0 saturated carbocycles. The third kappa shape index (κ3) is 2.93. The molecule has 7 heteroatoms. The molecule has 1 atom stereocenters. The van der Waals surface area contributed by atoms with Gasteiger partial charge >= 0.3 is 6.18 Å². The second-order valence-corrected chi connectivity index (χ2v) is 4.10. The predicted octanol–water partition coefficient (Wildman–Crippen LogP) is 2.57. The van der Waals surface area contributed by atoms with Crippen molar-refractivity contribution in [1.29, 1.82) is 0 Å². The van der Waals surface area contributed by atoms with Gasteiger partial charge in [0.15, 0.2) is 11.5 Å². The van der Waals surface area contributed by atoms with Crippen LogP contribution in [0.1, 0.15) is 24.2 Å². The molecule has 0 amide bonds. The normalized spacial score (nSPS) is 13.5. The Morgan fingerprint density at radius 1 is 1.32 bits per heavy atom. The molecule has 19 heavy (non-hydrogen) atoms. The Labute approximate surface area is 108 Å². The van der Waals surface area contributed by atoms with E-state index in [0.717, 1.165) is 16.3 Å². The van der Waals surface area contributed by atoms with Crippen LogP contribution in [0.3, 0.4) is 0 Å². The van der Waals surface area contributed by atoms with Gasteiger partial charge in [-0.3, -0.25) is 0 Å². The average Bonchev–Trinajstić information content (AvgIpc) is 2.87. The van der Waals surface area contributed by atoms with Crippen molar-refractivity contribution < 1.29 is 13.2 Å². The Hall–Kier alpha value is -1.89. The fraction of sp³-hybridized carbons (Fsp3) is 0.333. The van der Waals surface area contributed by atoms with Gasteiger partial charge in [0.25, 0.3) is 0 Å². The third-order valence-electron chi connectivity index (χ3n) is 2.82. The standard InChI is InChI=1S/C12H13F3N4/c1-8(16-2)9-3-5-17-11(7-9)19-6-4-10(18-19)12(13,14)15/h3-8,16H,1-2H3. The highest BCUT2D eigenvalue weighted by Crippen LogP contribution is 2.27. The molecule has 0 spiro atoms. The van der Waals surface area contributed by atoms with Crippen LogP contribution in [0.4, 0.5) is 13.2 Å². The average molecular weight is 270 g/mol. The second kappa shape index (κ2) is 5.00. The quantitative estimate of drug-likeness (QED) is 0.932. The van der Waals surface area contributed by atoms with Gasteiger partial charge < -0.3 is 5.32 Å². The van der Waals surface area contributed by atoms with E-state index in [9.17, 15) is 13.2 Å². The summed E-state index contributed by atoms with van der Waals surface area (Å²) in [5.41, 5.74) is -0.00192. The number of nitrogens with zero attached hydrogens (tertiary/aromatic N) is 3. The number of hydrogen-bond acceptors (Lipinski definition) is 3. The van der Waals surface area contributed by atoms with Crippen molar-refractivity contribution in [2.45, 2.75) is 19.1 Å². The number of halogens is 3. The van der Waals surface area contributed by atoms with E-state index >= 15 is 0 Å². The van der Waals surface area contributed by atoms with Crippen molar-refractivity contribution in [3.05, 3.63) is 41.9 Å². The Kier molecular flexibility index (Phi) is 3.57. The van der Waals surface area contributed by atoms with Crippen LogP contribution in [0.15, 0.2) is 30.6 Å². The van der Waals surface area contributed by atoms with Crippen LogP contribution in [0.2, 0.25) is 0 Å². The van der Waals surface area contributed by atoms with E-state index < -0.39 is 11.9 Å². The van der Waals surface area contributed by atoms with E-state index in [1.54, 1.807) is 25.4 Å². The largest absolute Gasteiger partial charge is 0.435 e. The first kappa shape index (κ1) is 13.5. The van der Waals surface area contributed by atoms with Gasteiger partial charge in [-0.05, 0) is 37.7 Å². The topological polar surface area (TPSA) is 42.7 Å². The summed E-state index contributed by atoms with van der Waals surface area (Å²) in [6, 6.07) is 4.52. The maximum absolute atomic E-state index is 12.5. The zero-order valence-corrected chi connectivity index (χ0v) is 10.4. The van der Waals surface area contributed by atoms with E-state index in [-0.39, 0.29) is 6.04 Å². The van der Waals surface area contributed by atoms with Gasteiger partial charge in [-0.1, -0.05) is 0 Å². The van der Waals surface area contributed by atoms with Crippen molar-refractivity contribution in [2.75, 3.05) is 7.05 Å². The van der Waals surface area contributed by atoms with E-state index in [1.165, 1.54) is 6.20 Å². The molecule has 1 unspecified atom stereocenters. The zero-order chi connectivity index (χ0) is 14.0. The molecule has 2 aromatic rings. The summed E-state index contributed by atoms with van der Waals surface area (Å²) in [6.07, 6.45) is -1.65. The fourth-order valence-electron chi connectivity index (χ4n) is 1.60. The number of hydrogen-bond donors (Lipinski definition) is 1. The minimum atomic E-state index is -4.44. The molecule has 0 fully saturated rings. The monoisotopic (exact) mass is 270 g/mol. The summed E-state index contributed by atoms with van der Waals surface area (Å²) >= 11 is 0. The Bertz CT molecular complexity index is 562. The molecule has 4 nitrogen and oxygen atoms in total. The summed E-state index contributed by atoms with van der Waals surface area (Å²) in [5, 5.41) is 6.54. The first-order valence-electron chi connectivity index (χ1n) is 5.68. The lowest BCUT2D eigenvalue weighted by Gasteiger charge is -2.11. The molecule has 2 heterocycles. The molecule has 1 N–H and O–H groups in total. The fourth-order valence-corrected chi connectivity index (χ4v) is 1.60. The van der Waals surface area contributed by atoms with E-state index in [0.29, 0.717) is 5.82 Å². The molecule has 0 aliphatic heterocycles. The molecule has 0 bridgehead atoms. The van der Waals surface area contributed by atoms with Crippen LogP contribution in [0.25, 0.3) is 5.82 Å². The summed E-state index contributed by atoms with van der Waals surface area (Å²) in [5.74, 6) is 0.357. The van der Waals surface area contributed by atoms with Gasteiger partial charge in [-0.15, -0.1) is 0 Å². The highest BCUT2D eigenvalue weighted by Gasteiger charge is 2.33. The van der Waals surface area contributed by atoms with Gasteiger partial charge in [0.1, 0.15) is 0 Å². The lowest BCUT2D eigenvalue weighted by Crippen LogP contribution is -2.13.